The van der Waals surface area contributed by atoms with Crippen LogP contribution in [0.2, 0.25) is 0 Å². The molecule has 0 heterocycles. The van der Waals surface area contributed by atoms with Crippen molar-refractivity contribution in [3.05, 3.63) is 58.1 Å². The fourth-order valence-electron chi connectivity index (χ4n) is 1.89. The van der Waals surface area contributed by atoms with Crippen molar-refractivity contribution in [3.63, 3.8) is 0 Å². The average molecular weight is 336 g/mol. The second-order valence-corrected chi connectivity index (χ2v) is 5.41. The average Bonchev–Trinajstić information content (AvgIpc) is 2.44. The minimum absolute atomic E-state index is 0.259. The van der Waals surface area contributed by atoms with Crippen LogP contribution in [0.5, 0.6) is 11.5 Å². The monoisotopic (exact) mass is 335 g/mol. The molecule has 0 aliphatic heterocycles. The van der Waals surface area contributed by atoms with E-state index in [9.17, 15) is 5.11 Å². The standard InChI is InChI=1S/C16H18BrNO2/c1-2-18-10-13-9-14(17)6-7-16(13)20-11-12-4-3-5-15(19)8-12/h3-9,18-19H,2,10-11H2,1H3. The molecule has 0 bridgehead atoms. The van der Waals surface area contributed by atoms with Crippen molar-refractivity contribution in [2.45, 2.75) is 20.1 Å². The molecule has 0 unspecified atom stereocenters. The number of aromatic hydroxyl groups is 1. The molecule has 0 atom stereocenters. The van der Waals surface area contributed by atoms with E-state index in [1.807, 2.05) is 24.3 Å². The molecule has 2 rings (SSSR count). The predicted octanol–water partition coefficient (Wildman–Crippen LogP) is 3.84. The molecular formula is C16H18BrNO2. The van der Waals surface area contributed by atoms with E-state index in [-0.39, 0.29) is 5.75 Å². The maximum atomic E-state index is 9.45. The zero-order valence-electron chi connectivity index (χ0n) is 11.4. The number of ether oxygens (including phenoxy) is 1. The van der Waals surface area contributed by atoms with Crippen molar-refractivity contribution in [2.24, 2.45) is 0 Å². The van der Waals surface area contributed by atoms with E-state index >= 15 is 0 Å². The highest BCUT2D eigenvalue weighted by atomic mass is 79.9. The van der Waals surface area contributed by atoms with E-state index in [4.69, 9.17) is 4.74 Å². The van der Waals surface area contributed by atoms with Crippen LogP contribution in [-0.2, 0) is 13.2 Å². The molecule has 106 valence electrons. The fraction of sp³-hybridized carbons (Fsp3) is 0.250. The molecule has 0 aliphatic rings. The predicted molar refractivity (Wildman–Crippen MR) is 84.0 cm³/mol. The number of nitrogens with one attached hydrogen (secondary N) is 1. The Labute approximate surface area is 127 Å². The van der Waals surface area contributed by atoms with Gasteiger partial charge in [0.05, 0.1) is 0 Å². The van der Waals surface area contributed by atoms with Gasteiger partial charge in [0.1, 0.15) is 18.1 Å². The van der Waals surface area contributed by atoms with Crippen LogP contribution in [0.4, 0.5) is 0 Å². The van der Waals surface area contributed by atoms with Crippen molar-refractivity contribution in [2.75, 3.05) is 6.54 Å². The molecule has 0 spiro atoms. The normalized spacial score (nSPS) is 10.5. The third-order valence-corrected chi connectivity index (χ3v) is 3.39. The summed E-state index contributed by atoms with van der Waals surface area (Å²) >= 11 is 3.48. The van der Waals surface area contributed by atoms with Crippen molar-refractivity contribution in [1.82, 2.24) is 5.32 Å². The maximum Gasteiger partial charge on any atom is 0.124 e. The Morgan fingerprint density at radius 2 is 2.05 bits per heavy atom. The maximum absolute atomic E-state index is 9.45. The molecule has 0 aromatic heterocycles. The first kappa shape index (κ1) is 14.9. The van der Waals surface area contributed by atoms with Gasteiger partial charge in [-0.2, -0.15) is 0 Å². The zero-order valence-corrected chi connectivity index (χ0v) is 13.0. The molecule has 0 fully saturated rings. The smallest absolute Gasteiger partial charge is 0.124 e. The molecule has 3 nitrogen and oxygen atoms in total. The summed E-state index contributed by atoms with van der Waals surface area (Å²) < 4.78 is 6.90. The largest absolute Gasteiger partial charge is 0.508 e. The zero-order chi connectivity index (χ0) is 14.4. The minimum Gasteiger partial charge on any atom is -0.508 e. The molecule has 0 saturated heterocycles. The van der Waals surface area contributed by atoms with E-state index in [0.29, 0.717) is 6.61 Å². The Balaban J connectivity index is 2.08. The summed E-state index contributed by atoms with van der Waals surface area (Å²) in [5, 5.41) is 12.7. The lowest BCUT2D eigenvalue weighted by molar-refractivity contribution is 0.301. The summed E-state index contributed by atoms with van der Waals surface area (Å²) in [5.74, 6) is 1.12. The van der Waals surface area contributed by atoms with Crippen molar-refractivity contribution < 1.29 is 9.84 Å². The van der Waals surface area contributed by atoms with E-state index in [2.05, 4.69) is 34.2 Å². The Bertz CT molecular complexity index is 572. The van der Waals surface area contributed by atoms with Crippen molar-refractivity contribution >= 4 is 15.9 Å². The van der Waals surface area contributed by atoms with Crippen molar-refractivity contribution in [3.8, 4) is 11.5 Å². The summed E-state index contributed by atoms with van der Waals surface area (Å²) in [5.41, 5.74) is 2.06. The number of phenolic OH excluding ortho intramolecular Hbond substituents is 1. The van der Waals surface area contributed by atoms with Crippen molar-refractivity contribution in [1.29, 1.82) is 0 Å². The summed E-state index contributed by atoms with van der Waals surface area (Å²) in [6.45, 7) is 4.20. The van der Waals surface area contributed by atoms with Crippen LogP contribution in [0, 0.1) is 0 Å². The summed E-state index contributed by atoms with van der Waals surface area (Å²) in [4.78, 5) is 0. The molecule has 4 heteroatoms. The van der Waals surface area contributed by atoms with Gasteiger partial charge in [0.25, 0.3) is 0 Å². The molecule has 2 aromatic carbocycles. The summed E-state index contributed by atoms with van der Waals surface area (Å²) in [6, 6.07) is 13.1. The molecule has 0 radical (unpaired) electrons. The van der Waals surface area contributed by atoms with E-state index in [1.54, 1.807) is 12.1 Å². The first-order valence-corrected chi connectivity index (χ1v) is 7.38. The number of rotatable bonds is 6. The highest BCUT2D eigenvalue weighted by molar-refractivity contribution is 9.10. The van der Waals surface area contributed by atoms with Crippen LogP contribution in [0.1, 0.15) is 18.1 Å². The van der Waals surface area contributed by atoms with Gasteiger partial charge in [-0.25, -0.2) is 0 Å². The van der Waals surface area contributed by atoms with Crippen LogP contribution in [0.3, 0.4) is 0 Å². The second-order valence-electron chi connectivity index (χ2n) is 4.49. The van der Waals surface area contributed by atoms with Crippen LogP contribution in [0.25, 0.3) is 0 Å². The van der Waals surface area contributed by atoms with Crippen LogP contribution < -0.4 is 10.1 Å². The topological polar surface area (TPSA) is 41.5 Å². The lowest BCUT2D eigenvalue weighted by Gasteiger charge is -2.12. The Morgan fingerprint density at radius 1 is 1.20 bits per heavy atom. The molecule has 2 N–H and O–H groups in total. The summed E-state index contributed by atoms with van der Waals surface area (Å²) in [7, 11) is 0. The molecule has 0 aliphatic carbocycles. The third-order valence-electron chi connectivity index (χ3n) is 2.89. The van der Waals surface area contributed by atoms with Crippen LogP contribution in [0.15, 0.2) is 46.9 Å². The van der Waals surface area contributed by atoms with Gasteiger partial charge in [-0.1, -0.05) is 35.0 Å². The second kappa shape index (κ2) is 7.31. The number of hydrogen-bond donors (Lipinski definition) is 2. The van der Waals surface area contributed by atoms with Gasteiger partial charge in [-0.15, -0.1) is 0 Å². The quantitative estimate of drug-likeness (QED) is 0.842. The van der Waals surface area contributed by atoms with Gasteiger partial charge in [-0.3, -0.25) is 0 Å². The first-order chi connectivity index (χ1) is 9.69. The number of phenols is 1. The fourth-order valence-corrected chi connectivity index (χ4v) is 2.30. The number of benzene rings is 2. The lowest BCUT2D eigenvalue weighted by Crippen LogP contribution is -2.13. The van der Waals surface area contributed by atoms with Gasteiger partial charge in [0, 0.05) is 16.6 Å². The molecule has 2 aromatic rings. The number of hydrogen-bond acceptors (Lipinski definition) is 3. The molecular weight excluding hydrogens is 318 g/mol. The van der Waals surface area contributed by atoms with Crippen LogP contribution >= 0.6 is 15.9 Å². The van der Waals surface area contributed by atoms with Gasteiger partial charge in [0.15, 0.2) is 0 Å². The van der Waals surface area contributed by atoms with E-state index < -0.39 is 0 Å². The van der Waals surface area contributed by atoms with Gasteiger partial charge < -0.3 is 15.2 Å². The molecule has 0 amide bonds. The Kier molecular flexibility index (Phi) is 5.44. The highest BCUT2D eigenvalue weighted by Gasteiger charge is 2.05. The van der Waals surface area contributed by atoms with E-state index in [0.717, 1.165) is 34.4 Å². The van der Waals surface area contributed by atoms with E-state index in [1.165, 1.54) is 0 Å². The molecule has 20 heavy (non-hydrogen) atoms. The van der Waals surface area contributed by atoms with Crippen LogP contribution in [-0.4, -0.2) is 11.7 Å². The molecule has 0 saturated carbocycles. The van der Waals surface area contributed by atoms with Gasteiger partial charge in [0.2, 0.25) is 0 Å². The van der Waals surface area contributed by atoms with Gasteiger partial charge >= 0.3 is 0 Å². The third kappa shape index (κ3) is 4.25. The Morgan fingerprint density at radius 3 is 2.80 bits per heavy atom. The minimum atomic E-state index is 0.259. The lowest BCUT2D eigenvalue weighted by atomic mass is 10.2. The highest BCUT2D eigenvalue weighted by Crippen LogP contribution is 2.24. The van der Waals surface area contributed by atoms with Gasteiger partial charge in [-0.05, 0) is 42.4 Å². The SMILES string of the molecule is CCNCc1cc(Br)ccc1OCc1cccc(O)c1. The number of halogens is 1. The summed E-state index contributed by atoms with van der Waals surface area (Å²) in [6.07, 6.45) is 0. The first-order valence-electron chi connectivity index (χ1n) is 6.59. The Hall–Kier alpha value is -1.52.